The van der Waals surface area contributed by atoms with Crippen molar-refractivity contribution in [3.05, 3.63) is 282 Å². The molecule has 0 bridgehead atoms. The first kappa shape index (κ1) is 65.7. The number of benzene rings is 15. The average molecular weight is 1410 g/mol. The summed E-state index contributed by atoms with van der Waals surface area (Å²) in [5.41, 5.74) is 28.4. The number of hydrogen-bond acceptors (Lipinski definition) is 2. The van der Waals surface area contributed by atoms with E-state index in [9.17, 15) is 0 Å². The van der Waals surface area contributed by atoms with Crippen LogP contribution in [0.2, 0.25) is 0 Å². The minimum atomic E-state index is -0.158. The molecule has 2 aromatic heterocycles. The first-order chi connectivity index (χ1) is 51.8. The molecule has 2 aliphatic heterocycles. The van der Waals surface area contributed by atoms with Crippen molar-refractivity contribution in [2.45, 2.75) is 155 Å². The smallest absolute Gasteiger partial charge is 0.264 e. The maximum Gasteiger partial charge on any atom is 0.264 e. The number of anilines is 3. The van der Waals surface area contributed by atoms with Crippen molar-refractivity contribution < 1.29 is 0 Å². The number of aromatic nitrogens is 1. The SMILES string of the molecule is CC(C)(C)c1ccc(N2c3cc(-c4c(-c5ccc6c(c5)C(C)(C)CCC6(C)C)cc(-c5ccccc5)cc4-c4ccc5c(c4)C(C)(C)CCC5(C)C)cc4c3B(c3sc5ccc(C(C)(C)C)cc5c32)c2cc3c5ccccc5c5ccccc5c3c3c5c6c7ccccc7c7ccccc7c6ccc5n-4c23)cc1. The Balaban J connectivity index is 1.00. The Morgan fingerprint density at radius 3 is 1.34 bits per heavy atom. The Labute approximate surface area is 639 Å². The summed E-state index contributed by atoms with van der Waals surface area (Å²) in [6.45, 7) is 33.9. The van der Waals surface area contributed by atoms with Crippen LogP contribution in [0.15, 0.2) is 249 Å². The van der Waals surface area contributed by atoms with Gasteiger partial charge in [-0.3, -0.25) is 0 Å². The molecule has 4 aliphatic rings. The zero-order chi connectivity index (χ0) is 73.8. The van der Waals surface area contributed by atoms with E-state index in [-0.39, 0.29) is 39.2 Å². The van der Waals surface area contributed by atoms with Gasteiger partial charge in [0.15, 0.2) is 0 Å². The summed E-state index contributed by atoms with van der Waals surface area (Å²) in [6.07, 6.45) is 4.56. The minimum absolute atomic E-state index is 0.0303. The van der Waals surface area contributed by atoms with Crippen molar-refractivity contribution in [3.63, 3.8) is 0 Å². The van der Waals surface area contributed by atoms with Gasteiger partial charge in [-0.1, -0.05) is 291 Å². The lowest BCUT2D eigenvalue weighted by Crippen LogP contribution is -2.59. The molecule has 0 saturated heterocycles. The zero-order valence-electron chi connectivity index (χ0n) is 64.9. The van der Waals surface area contributed by atoms with Gasteiger partial charge in [-0.25, -0.2) is 0 Å². The Kier molecular flexibility index (Phi) is 13.7. The summed E-state index contributed by atoms with van der Waals surface area (Å²) in [4.78, 5) is 2.75. The molecule has 0 unspecified atom stereocenters. The van der Waals surface area contributed by atoms with Crippen LogP contribution in [-0.4, -0.2) is 11.3 Å². The van der Waals surface area contributed by atoms with E-state index in [2.05, 4.69) is 355 Å². The summed E-state index contributed by atoms with van der Waals surface area (Å²) < 4.78 is 5.50. The quantitative estimate of drug-likeness (QED) is 0.123. The van der Waals surface area contributed by atoms with Gasteiger partial charge in [0.2, 0.25) is 0 Å². The van der Waals surface area contributed by atoms with Crippen LogP contribution in [0.4, 0.5) is 17.1 Å². The van der Waals surface area contributed by atoms with E-state index in [4.69, 9.17) is 0 Å². The molecule has 21 rings (SSSR count). The summed E-state index contributed by atoms with van der Waals surface area (Å²) in [6, 6.07) is 99.2. The van der Waals surface area contributed by atoms with Crippen LogP contribution in [0.3, 0.4) is 0 Å². The second-order valence-corrected chi connectivity index (χ2v) is 38.2. The summed E-state index contributed by atoms with van der Waals surface area (Å²) >= 11 is 2.02. The Morgan fingerprint density at radius 2 is 0.806 bits per heavy atom. The van der Waals surface area contributed by atoms with Crippen LogP contribution in [-0.2, 0) is 32.5 Å². The van der Waals surface area contributed by atoms with Crippen LogP contribution >= 0.6 is 11.3 Å². The van der Waals surface area contributed by atoms with Crippen molar-refractivity contribution in [1.82, 2.24) is 4.57 Å². The van der Waals surface area contributed by atoms with Gasteiger partial charge in [-0.2, -0.15) is 0 Å². The normalized spacial score (nSPS) is 16.2. The van der Waals surface area contributed by atoms with Crippen LogP contribution < -0.4 is 20.6 Å². The number of fused-ring (bicyclic) bond motifs is 25. The maximum absolute atomic E-state index is 2.81. The van der Waals surface area contributed by atoms with Crippen LogP contribution in [0, 0.1) is 0 Å². The molecule has 0 spiro atoms. The van der Waals surface area contributed by atoms with E-state index < -0.39 is 0 Å². The molecule has 2 aliphatic carbocycles. The predicted molar refractivity (Wildman–Crippen MR) is 470 cm³/mol. The van der Waals surface area contributed by atoms with Gasteiger partial charge >= 0.3 is 0 Å². The van der Waals surface area contributed by atoms with E-state index >= 15 is 0 Å². The molecule has 0 fully saturated rings. The lowest BCUT2D eigenvalue weighted by Gasteiger charge is -2.42. The molecule has 4 heterocycles. The molecule has 0 amide bonds. The van der Waals surface area contributed by atoms with E-state index in [0.29, 0.717) is 0 Å². The Bertz CT molecular complexity index is 6680. The molecular formula is C104H91BN2S. The molecular weight excluding hydrogens is 1320 g/mol. The number of hydrogen-bond donors (Lipinski definition) is 0. The molecule has 2 nitrogen and oxygen atoms in total. The fourth-order valence-electron chi connectivity index (χ4n) is 20.6. The van der Waals surface area contributed by atoms with Crippen molar-refractivity contribution in [2.75, 3.05) is 4.90 Å². The van der Waals surface area contributed by atoms with Gasteiger partial charge in [0.1, 0.15) is 0 Å². The highest BCUT2D eigenvalue weighted by atomic mass is 32.1. The standard InChI is InChI=1S/C104H91BN2S/c1-99(2,3)65-38-41-67(42-39-65)106-87-56-64(90-77(61-36-44-81-83(54-61)103(11,12)50-48-101(81,7)8)52-63(60-26-16-15-17-27-60)53-78(90)62-37-45-82-84(55-62)104(13,14)51-49-102(82,9)10)57-88-95(87)105(98-96(106)80-58-66(100(4,5)6)40-47-89(80)108-98)85-59-79-73-33-21-19-29-69(73)71-31-23-25-35-75(71)92(79)94-93-86(107(88)97(85)94)46-43-76-72-32-20-18-28-68(72)70-30-22-24-34-74(70)91(76)93/h15-47,52-59H,48-51H2,1-14H3. The van der Waals surface area contributed by atoms with E-state index in [1.54, 1.807) is 0 Å². The molecule has 0 atom stereocenters. The molecule has 526 valence electrons. The highest BCUT2D eigenvalue weighted by Crippen LogP contribution is 2.57. The molecule has 17 aromatic rings. The third-order valence-corrected chi connectivity index (χ3v) is 28.0. The molecule has 0 radical (unpaired) electrons. The van der Waals surface area contributed by atoms with Gasteiger partial charge in [0.05, 0.1) is 16.7 Å². The molecule has 15 aromatic carbocycles. The van der Waals surface area contributed by atoms with Crippen molar-refractivity contribution >= 4 is 147 Å². The fourth-order valence-corrected chi connectivity index (χ4v) is 21.9. The van der Waals surface area contributed by atoms with Gasteiger partial charge in [-0.05, 0) is 255 Å². The second kappa shape index (κ2) is 22.6. The maximum atomic E-state index is 2.81. The average Bonchev–Trinajstić information content (AvgIpc) is 1.47. The lowest BCUT2D eigenvalue weighted by molar-refractivity contribution is 0.332. The number of rotatable bonds is 5. The second-order valence-electron chi connectivity index (χ2n) is 37.1. The van der Waals surface area contributed by atoms with E-state index in [1.165, 1.54) is 207 Å². The summed E-state index contributed by atoms with van der Waals surface area (Å²) in [7, 11) is 0. The summed E-state index contributed by atoms with van der Waals surface area (Å²) in [5.74, 6) is 0. The minimum Gasteiger partial charge on any atom is -0.310 e. The molecule has 0 N–H and O–H groups in total. The largest absolute Gasteiger partial charge is 0.310 e. The highest BCUT2D eigenvalue weighted by Gasteiger charge is 2.47. The third-order valence-electron chi connectivity index (χ3n) is 26.7. The van der Waals surface area contributed by atoms with Crippen LogP contribution in [0.5, 0.6) is 0 Å². The van der Waals surface area contributed by atoms with Gasteiger partial charge < -0.3 is 9.47 Å². The van der Waals surface area contributed by atoms with Gasteiger partial charge in [0, 0.05) is 53.5 Å². The molecule has 0 saturated carbocycles. The predicted octanol–water partition coefficient (Wildman–Crippen LogP) is 27.5. The zero-order valence-corrected chi connectivity index (χ0v) is 65.7. The Hall–Kier alpha value is -10.5. The van der Waals surface area contributed by atoms with Crippen LogP contribution in [0.1, 0.15) is 156 Å². The van der Waals surface area contributed by atoms with E-state index in [0.717, 1.165) is 31.4 Å². The fraction of sp³-hybridized carbons (Fsp3) is 0.231. The monoisotopic (exact) mass is 1410 g/mol. The van der Waals surface area contributed by atoms with Crippen molar-refractivity contribution in [3.8, 4) is 50.2 Å². The number of nitrogens with zero attached hydrogens (tertiary/aromatic N) is 2. The summed E-state index contributed by atoms with van der Waals surface area (Å²) in [5, 5.41) is 19.4. The van der Waals surface area contributed by atoms with Crippen molar-refractivity contribution in [1.29, 1.82) is 0 Å². The highest BCUT2D eigenvalue weighted by molar-refractivity contribution is 7.33. The van der Waals surface area contributed by atoms with Gasteiger partial charge in [-0.15, -0.1) is 11.3 Å². The lowest BCUT2D eigenvalue weighted by atomic mass is 9.36. The topological polar surface area (TPSA) is 8.17 Å². The third kappa shape index (κ3) is 9.38. The Morgan fingerprint density at radius 1 is 0.343 bits per heavy atom. The van der Waals surface area contributed by atoms with Crippen LogP contribution in [0.25, 0.3) is 147 Å². The van der Waals surface area contributed by atoms with E-state index in [1.807, 2.05) is 11.3 Å². The molecule has 108 heavy (non-hydrogen) atoms. The van der Waals surface area contributed by atoms with Crippen molar-refractivity contribution in [2.24, 2.45) is 0 Å². The van der Waals surface area contributed by atoms with Gasteiger partial charge in [0.25, 0.3) is 6.71 Å². The molecule has 4 heteroatoms. The number of thiophene rings is 1. The first-order valence-corrected chi connectivity index (χ1v) is 40.4. The first-order valence-electron chi connectivity index (χ1n) is 39.6.